The predicted octanol–water partition coefficient (Wildman–Crippen LogP) is 12.5. The van der Waals surface area contributed by atoms with Crippen LogP contribution in [0.25, 0.3) is 0 Å². The molecule has 0 unspecified atom stereocenters. The average Bonchev–Trinajstić information content (AvgIpc) is 0.675. The number of fused-ring (bicyclic) bond motifs is 5. The Balaban J connectivity index is 1.54. The highest BCUT2D eigenvalue weighted by molar-refractivity contribution is 6.77. The van der Waals surface area contributed by atoms with E-state index in [1.807, 2.05) is 0 Å². The fourth-order valence-electron chi connectivity index (χ4n) is 14.9. The zero-order valence-corrected chi connectivity index (χ0v) is 55.0. The number of allylic oxidation sites excluding steroid dienone is 1. The van der Waals surface area contributed by atoms with Crippen LogP contribution in [0.15, 0.2) is 121 Å². The molecule has 468 valence electrons. The first-order valence-corrected chi connectivity index (χ1v) is 35.4. The number of benzene rings is 3. The molecular weight excluding hydrogens is 1130 g/mol. The van der Waals surface area contributed by atoms with Crippen molar-refractivity contribution in [3.05, 3.63) is 138 Å². The van der Waals surface area contributed by atoms with Gasteiger partial charge in [0.2, 0.25) is 8.32 Å². The van der Waals surface area contributed by atoms with Crippen LogP contribution >= 0.6 is 0 Å². The van der Waals surface area contributed by atoms with Crippen molar-refractivity contribution in [1.82, 2.24) is 5.32 Å². The molecule has 16 nitrogen and oxygen atoms in total. The van der Waals surface area contributed by atoms with E-state index in [9.17, 15) is 19.5 Å². The Hall–Kier alpha value is -6.03. The second-order valence-corrected chi connectivity index (χ2v) is 35.7. The normalized spacial score (nSPS) is 26.8. The number of aliphatic hydroxyl groups is 1. The Labute approximate surface area is 511 Å². The van der Waals surface area contributed by atoms with Gasteiger partial charge in [0.25, 0.3) is 5.91 Å². The third-order valence-electron chi connectivity index (χ3n) is 19.8. The first-order valence-electron chi connectivity index (χ1n) is 30.7. The van der Waals surface area contributed by atoms with Crippen LogP contribution in [0.4, 0.5) is 0 Å². The van der Waals surface area contributed by atoms with Crippen molar-refractivity contribution in [2.45, 2.75) is 211 Å². The van der Waals surface area contributed by atoms with Gasteiger partial charge in [-0.25, -0.2) is 9.59 Å². The van der Waals surface area contributed by atoms with Crippen molar-refractivity contribution in [1.29, 1.82) is 0 Å². The lowest BCUT2D eigenvalue weighted by Gasteiger charge is -2.68. The van der Waals surface area contributed by atoms with E-state index in [2.05, 4.69) is 80.8 Å². The van der Waals surface area contributed by atoms with E-state index in [0.717, 1.165) is 0 Å². The molecule has 2 saturated carbocycles. The number of hydrogen-bond donors (Lipinski definition) is 2. The number of carbonyl (C=O) groups excluding carboxylic acids is 6. The summed E-state index contributed by atoms with van der Waals surface area (Å²) in [4.78, 5) is 91.5. The molecule has 1 saturated heterocycles. The maximum absolute atomic E-state index is 17.0. The Morgan fingerprint density at radius 1 is 0.802 bits per heavy atom. The molecule has 86 heavy (non-hydrogen) atoms. The molecule has 2 bridgehead atoms. The van der Waals surface area contributed by atoms with Crippen LogP contribution in [0.3, 0.4) is 0 Å². The summed E-state index contributed by atoms with van der Waals surface area (Å²) >= 11 is 0. The molecule has 0 aromatic heterocycles. The molecule has 2 N–H and O–H groups in total. The third-order valence-corrected chi connectivity index (χ3v) is 30.5. The van der Waals surface area contributed by atoms with Gasteiger partial charge >= 0.3 is 23.9 Å². The summed E-state index contributed by atoms with van der Waals surface area (Å²) in [6, 6.07) is 24.6. The summed E-state index contributed by atoms with van der Waals surface area (Å²) in [7, 11) is -5.89. The van der Waals surface area contributed by atoms with Crippen LogP contribution in [0.2, 0.25) is 34.8 Å². The highest BCUT2D eigenvalue weighted by Crippen LogP contribution is 2.65. The summed E-state index contributed by atoms with van der Waals surface area (Å²) in [6.07, 6.45) is -5.66. The van der Waals surface area contributed by atoms with Crippen LogP contribution in [-0.4, -0.2) is 118 Å². The van der Waals surface area contributed by atoms with Gasteiger partial charge in [0.15, 0.2) is 31.9 Å². The quantitative estimate of drug-likeness (QED) is 0.0332. The molecule has 3 aromatic carbocycles. The van der Waals surface area contributed by atoms with Crippen LogP contribution in [0, 0.1) is 16.7 Å². The van der Waals surface area contributed by atoms with Crippen molar-refractivity contribution < 1.29 is 71.1 Å². The fraction of sp³-hybridized carbons (Fsp3) is 0.559. The molecule has 1 aliphatic heterocycles. The van der Waals surface area contributed by atoms with Crippen LogP contribution in [0.1, 0.15) is 155 Å². The van der Waals surface area contributed by atoms with Crippen LogP contribution in [0.5, 0.6) is 5.75 Å². The zero-order valence-electron chi connectivity index (χ0n) is 53.0. The van der Waals surface area contributed by atoms with Gasteiger partial charge in [-0.05, 0) is 96.5 Å². The maximum Gasteiger partial charge on any atom is 0.338 e. The number of rotatable bonds is 26. The Morgan fingerprint density at radius 2 is 1.38 bits per heavy atom. The zero-order chi connectivity index (χ0) is 63.3. The molecule has 1 heterocycles. The van der Waals surface area contributed by atoms with E-state index >= 15 is 14.4 Å². The lowest BCUT2D eigenvalue weighted by Crippen LogP contribution is -2.82. The SMILES string of the molecule is C=CCCC(=O)O[C@@]12CO[C@@H]1C[C@H](O[Si](CC)(CC)CC)[C@@]1(C)C(=O)[C@H](OC(C)=O)C3=C(C)[C@@H](OC(=O)[C@H](O[Si](C(C)C)(C(C)C)C(C)C)[C@@H](NC(=O)c4ccccc4)c4ccccc4OCC=C)C[C@@](O)([C@@H](OC(=O)c4ccccc4)[C@H]21)C3(C)C. The number of Topliss-reactive ketones (excluding diaryl/α,β-unsaturated/α-hetero) is 1. The number of amides is 1. The number of ketones is 1. The first-order chi connectivity index (χ1) is 40.6. The molecule has 0 radical (unpaired) electrons. The van der Waals surface area contributed by atoms with Gasteiger partial charge in [-0.3, -0.25) is 19.2 Å². The van der Waals surface area contributed by atoms with E-state index in [1.54, 1.807) is 125 Å². The van der Waals surface area contributed by atoms with Crippen LogP contribution in [-0.2, 0) is 51.7 Å². The molecule has 3 fully saturated rings. The van der Waals surface area contributed by atoms with E-state index < -0.39 is 129 Å². The van der Waals surface area contributed by atoms with Crippen LogP contribution < -0.4 is 10.1 Å². The summed E-state index contributed by atoms with van der Waals surface area (Å²) in [5, 5.41) is 17.9. The van der Waals surface area contributed by atoms with Gasteiger partial charge in [-0.2, -0.15) is 0 Å². The standard InChI is InChI=1S/C68H93NO15Si2/c1-17-22-37-54(71)82-67-41-78-53(67)39-52(83-85(19-3,20-4)21-5)66(16)59(67)61(81-63(74)48-33-27-24-28-34-48)68(76)40-51(45(12)55(65(68,14)15)57(60(66)72)79-46(13)70)80-64(75)58(84-86(42(6)7,43(8)9)44(10)11)56(69-62(73)47-31-25-23-26-32-47)49-35-29-30-36-50(49)77-38-18-2/h17-18,23-36,42-44,51-53,56-59,61,76H,1-2,19-22,37-41H2,3-16H3,(H,69,73)/t51-,52-,53+,56-,57+,58+,59-,61-,66+,67-,68+/m0/s1. The van der Waals surface area contributed by atoms with Gasteiger partial charge in [0.05, 0.1) is 35.6 Å². The van der Waals surface area contributed by atoms with Gasteiger partial charge in [-0.15, -0.1) is 6.58 Å². The number of carbonyl (C=O) groups is 6. The number of nitrogens with one attached hydrogen (secondary N) is 1. The van der Waals surface area contributed by atoms with Crippen molar-refractivity contribution in [2.24, 2.45) is 16.7 Å². The smallest absolute Gasteiger partial charge is 0.338 e. The van der Waals surface area contributed by atoms with Gasteiger partial charge < -0.3 is 47.7 Å². The predicted molar refractivity (Wildman–Crippen MR) is 333 cm³/mol. The molecule has 4 aliphatic rings. The third kappa shape index (κ3) is 12.4. The molecule has 0 spiro atoms. The number of para-hydroxylation sites is 1. The lowest BCUT2D eigenvalue weighted by molar-refractivity contribution is -0.345. The molecule has 1 amide bonds. The Kier molecular flexibility index (Phi) is 21.3. The minimum Gasteiger partial charge on any atom is -0.489 e. The molecule has 3 aliphatic carbocycles. The fourth-order valence-corrected chi connectivity index (χ4v) is 23.4. The molecule has 18 heteroatoms. The lowest BCUT2D eigenvalue weighted by atomic mass is 9.44. The minimum absolute atomic E-state index is 0.0630. The van der Waals surface area contributed by atoms with Gasteiger partial charge in [0.1, 0.15) is 36.3 Å². The summed E-state index contributed by atoms with van der Waals surface area (Å²) in [5.74, 6) is -5.56. The number of esters is 4. The Bertz CT molecular complexity index is 2960. The number of hydrogen-bond acceptors (Lipinski definition) is 15. The highest BCUT2D eigenvalue weighted by atomic mass is 28.4. The summed E-state index contributed by atoms with van der Waals surface area (Å²) in [6.45, 7) is 34.1. The van der Waals surface area contributed by atoms with Crippen molar-refractivity contribution in [3.63, 3.8) is 0 Å². The number of ether oxygens (including phenoxy) is 6. The minimum atomic E-state index is -3.18. The van der Waals surface area contributed by atoms with E-state index in [0.29, 0.717) is 35.0 Å². The van der Waals surface area contributed by atoms with Crippen molar-refractivity contribution >= 4 is 52.2 Å². The maximum atomic E-state index is 17.0. The monoisotopic (exact) mass is 1220 g/mol. The topological polar surface area (TPSA) is 209 Å². The first kappa shape index (κ1) is 67.5. The molecular formula is C68H93NO15Si2. The van der Waals surface area contributed by atoms with Crippen molar-refractivity contribution in [3.8, 4) is 5.75 Å². The Morgan fingerprint density at radius 3 is 1.92 bits per heavy atom. The van der Waals surface area contributed by atoms with E-state index in [-0.39, 0.29) is 65.8 Å². The van der Waals surface area contributed by atoms with Gasteiger partial charge in [-0.1, -0.05) is 149 Å². The van der Waals surface area contributed by atoms with Crippen molar-refractivity contribution in [2.75, 3.05) is 13.2 Å². The largest absolute Gasteiger partial charge is 0.489 e. The van der Waals surface area contributed by atoms with Gasteiger partial charge in [0, 0.05) is 42.7 Å². The summed E-state index contributed by atoms with van der Waals surface area (Å²) < 4.78 is 54.8. The highest BCUT2D eigenvalue weighted by Gasteiger charge is 2.79. The molecule has 7 rings (SSSR count). The second-order valence-electron chi connectivity index (χ2n) is 25.5. The summed E-state index contributed by atoms with van der Waals surface area (Å²) in [5.41, 5.74) is -6.76. The van der Waals surface area contributed by atoms with E-state index in [4.69, 9.17) is 37.3 Å². The molecule has 3 aromatic rings. The van der Waals surface area contributed by atoms with E-state index in [1.165, 1.54) is 6.92 Å². The second kappa shape index (κ2) is 27.2. The average molecular weight is 1220 g/mol. The molecule has 11 atom stereocenters.